The molecule has 0 unspecified atom stereocenters. The Morgan fingerprint density at radius 1 is 0.655 bits per heavy atom. The Hall–Kier alpha value is -3.12. The smallest absolute Gasteiger partial charge is 0.000684 e. The van der Waals surface area contributed by atoms with E-state index in [2.05, 4.69) is 98.8 Å². The molecule has 0 bridgehead atoms. The van der Waals surface area contributed by atoms with Crippen molar-refractivity contribution in [1.29, 1.82) is 0 Å². The summed E-state index contributed by atoms with van der Waals surface area (Å²) >= 11 is 0. The average Bonchev–Trinajstić information content (AvgIpc) is 3.16. The Labute approximate surface area is 173 Å². The molecular formula is C29H25. The van der Waals surface area contributed by atoms with E-state index in [9.17, 15) is 0 Å². The summed E-state index contributed by atoms with van der Waals surface area (Å²) in [4.78, 5) is 0. The molecule has 0 aromatic heterocycles. The van der Waals surface area contributed by atoms with Crippen molar-refractivity contribution in [3.05, 3.63) is 107 Å². The molecule has 0 atom stereocenters. The summed E-state index contributed by atoms with van der Waals surface area (Å²) in [7, 11) is 0. The number of aryl methyl sites for hydroxylation is 2. The molecule has 0 nitrogen and oxygen atoms in total. The molecule has 29 heavy (non-hydrogen) atoms. The van der Waals surface area contributed by atoms with E-state index in [1.807, 2.05) is 0 Å². The minimum absolute atomic E-state index is 0.966. The van der Waals surface area contributed by atoms with Crippen LogP contribution >= 0.6 is 0 Å². The van der Waals surface area contributed by atoms with Gasteiger partial charge in [0, 0.05) is 0 Å². The summed E-state index contributed by atoms with van der Waals surface area (Å²) < 4.78 is 0. The Kier molecular flexibility index (Phi) is 4.56. The molecule has 0 heterocycles. The normalized spacial score (nSPS) is 11.9. The molecule has 1 radical (unpaired) electrons. The maximum atomic E-state index is 3.72. The van der Waals surface area contributed by atoms with E-state index < -0.39 is 0 Å². The molecule has 0 aliphatic heterocycles. The molecule has 4 aromatic carbocycles. The summed E-state index contributed by atoms with van der Waals surface area (Å²) in [5.74, 6) is 0. The molecule has 0 spiro atoms. The fourth-order valence-electron chi connectivity index (χ4n) is 4.40. The molecule has 1 aliphatic carbocycles. The second-order valence-corrected chi connectivity index (χ2v) is 7.92. The number of benzene rings is 4. The second kappa shape index (κ2) is 7.37. The van der Waals surface area contributed by atoms with E-state index in [0.717, 1.165) is 19.3 Å². The molecular weight excluding hydrogens is 348 g/mol. The van der Waals surface area contributed by atoms with Gasteiger partial charge in [-0.1, -0.05) is 92.7 Å². The van der Waals surface area contributed by atoms with Crippen molar-refractivity contribution in [3.63, 3.8) is 0 Å². The SMILES string of the molecule is CCc1cccc(-c2[c]c3c(cc2)-c2ccc(-c4cccc(CC)c4)cc2C3)c1. The van der Waals surface area contributed by atoms with Gasteiger partial charge in [0.15, 0.2) is 0 Å². The van der Waals surface area contributed by atoms with E-state index in [4.69, 9.17) is 0 Å². The van der Waals surface area contributed by atoms with Crippen molar-refractivity contribution in [2.45, 2.75) is 33.1 Å². The highest BCUT2D eigenvalue weighted by Crippen LogP contribution is 2.40. The third kappa shape index (κ3) is 3.29. The van der Waals surface area contributed by atoms with Crippen LogP contribution in [-0.4, -0.2) is 0 Å². The lowest BCUT2D eigenvalue weighted by Gasteiger charge is -2.08. The third-order valence-corrected chi connectivity index (χ3v) is 6.10. The van der Waals surface area contributed by atoms with Gasteiger partial charge < -0.3 is 0 Å². The zero-order chi connectivity index (χ0) is 19.8. The van der Waals surface area contributed by atoms with Gasteiger partial charge >= 0.3 is 0 Å². The molecule has 4 aromatic rings. The second-order valence-electron chi connectivity index (χ2n) is 7.92. The van der Waals surface area contributed by atoms with Crippen molar-refractivity contribution in [2.24, 2.45) is 0 Å². The number of hydrogen-bond acceptors (Lipinski definition) is 0. The van der Waals surface area contributed by atoms with Crippen LogP contribution in [0.2, 0.25) is 0 Å². The van der Waals surface area contributed by atoms with Crippen LogP contribution in [0.1, 0.15) is 36.1 Å². The fraction of sp³-hybridized carbons (Fsp3) is 0.172. The molecule has 5 rings (SSSR count). The molecule has 1 aliphatic rings. The van der Waals surface area contributed by atoms with Crippen molar-refractivity contribution >= 4 is 0 Å². The number of rotatable bonds is 4. The average molecular weight is 374 g/mol. The summed E-state index contributed by atoms with van der Waals surface area (Å²) in [5, 5.41) is 0. The van der Waals surface area contributed by atoms with Gasteiger partial charge in [0.25, 0.3) is 0 Å². The van der Waals surface area contributed by atoms with Gasteiger partial charge in [0.2, 0.25) is 0 Å². The first-order valence-corrected chi connectivity index (χ1v) is 10.6. The lowest BCUT2D eigenvalue weighted by atomic mass is 9.96. The minimum atomic E-state index is 0.966. The summed E-state index contributed by atoms with van der Waals surface area (Å²) in [6.45, 7) is 4.41. The van der Waals surface area contributed by atoms with Crippen molar-refractivity contribution in [2.75, 3.05) is 0 Å². The Balaban J connectivity index is 1.50. The predicted molar refractivity (Wildman–Crippen MR) is 123 cm³/mol. The minimum Gasteiger partial charge on any atom is -0.0614 e. The van der Waals surface area contributed by atoms with Crippen LogP contribution in [0.4, 0.5) is 0 Å². The van der Waals surface area contributed by atoms with Gasteiger partial charge in [-0.15, -0.1) is 0 Å². The van der Waals surface area contributed by atoms with Gasteiger partial charge in [-0.2, -0.15) is 0 Å². The van der Waals surface area contributed by atoms with Crippen molar-refractivity contribution in [1.82, 2.24) is 0 Å². The first-order valence-electron chi connectivity index (χ1n) is 10.6. The maximum absolute atomic E-state index is 3.72. The highest BCUT2D eigenvalue weighted by atomic mass is 14.2. The van der Waals surface area contributed by atoms with Crippen LogP contribution in [0, 0.1) is 6.07 Å². The summed E-state index contributed by atoms with van der Waals surface area (Å²) in [6.07, 6.45) is 3.10. The van der Waals surface area contributed by atoms with Crippen LogP contribution in [-0.2, 0) is 19.3 Å². The van der Waals surface area contributed by atoms with Gasteiger partial charge in [-0.25, -0.2) is 0 Å². The Morgan fingerprint density at radius 2 is 1.31 bits per heavy atom. The highest BCUT2D eigenvalue weighted by molar-refractivity contribution is 5.82. The van der Waals surface area contributed by atoms with Crippen LogP contribution in [0.5, 0.6) is 0 Å². The first kappa shape index (κ1) is 17.9. The third-order valence-electron chi connectivity index (χ3n) is 6.10. The van der Waals surface area contributed by atoms with Gasteiger partial charge in [0.1, 0.15) is 0 Å². The predicted octanol–water partition coefficient (Wildman–Crippen LogP) is 7.52. The zero-order valence-corrected chi connectivity index (χ0v) is 17.1. The number of hydrogen-bond donors (Lipinski definition) is 0. The van der Waals surface area contributed by atoms with Crippen LogP contribution in [0.3, 0.4) is 0 Å². The molecule has 0 N–H and O–H groups in total. The standard InChI is InChI=1S/C29H25/c1-3-20-7-5-9-22(15-20)24-11-13-28-26(17-24)19-27-18-25(12-14-29(27)28)23-10-6-8-21(4-2)16-23/h5-17H,3-4,19H2,1-2H3. The molecule has 0 fully saturated rings. The number of fused-ring (bicyclic) bond motifs is 3. The first-order chi connectivity index (χ1) is 14.2. The maximum Gasteiger partial charge on any atom is -0.000684 e. The summed E-state index contributed by atoms with van der Waals surface area (Å²) in [5.41, 5.74) is 13.3. The molecule has 141 valence electrons. The van der Waals surface area contributed by atoms with Crippen molar-refractivity contribution < 1.29 is 0 Å². The zero-order valence-electron chi connectivity index (χ0n) is 17.1. The van der Waals surface area contributed by atoms with Gasteiger partial charge in [-0.3, -0.25) is 0 Å². The van der Waals surface area contributed by atoms with E-state index >= 15 is 0 Å². The van der Waals surface area contributed by atoms with Gasteiger partial charge in [0.05, 0.1) is 0 Å². The molecule has 0 saturated heterocycles. The largest absolute Gasteiger partial charge is 0.0614 e. The molecule has 0 saturated carbocycles. The lowest BCUT2D eigenvalue weighted by molar-refractivity contribution is 1.14. The Morgan fingerprint density at radius 3 is 2.07 bits per heavy atom. The van der Waals surface area contributed by atoms with E-state index in [0.29, 0.717) is 0 Å². The molecule has 0 heteroatoms. The lowest BCUT2D eigenvalue weighted by Crippen LogP contribution is -1.86. The van der Waals surface area contributed by atoms with Crippen LogP contribution in [0.15, 0.2) is 78.9 Å². The fourth-order valence-corrected chi connectivity index (χ4v) is 4.40. The quantitative estimate of drug-likeness (QED) is 0.306. The monoisotopic (exact) mass is 373 g/mol. The van der Waals surface area contributed by atoms with E-state index in [-0.39, 0.29) is 0 Å². The van der Waals surface area contributed by atoms with Gasteiger partial charge in [-0.05, 0) is 81.0 Å². The van der Waals surface area contributed by atoms with Crippen molar-refractivity contribution in [3.8, 4) is 33.4 Å². The topological polar surface area (TPSA) is 0 Å². The Bertz CT molecular complexity index is 1100. The summed E-state index contributed by atoms with van der Waals surface area (Å²) in [6, 6.07) is 32.9. The van der Waals surface area contributed by atoms with E-state index in [1.54, 1.807) is 0 Å². The van der Waals surface area contributed by atoms with E-state index in [1.165, 1.54) is 55.6 Å². The highest BCUT2D eigenvalue weighted by Gasteiger charge is 2.20. The molecule has 0 amide bonds. The van der Waals surface area contributed by atoms with Crippen LogP contribution in [0.25, 0.3) is 33.4 Å². The van der Waals surface area contributed by atoms with Crippen LogP contribution < -0.4 is 0 Å².